The number of halogens is 1. The lowest BCUT2D eigenvalue weighted by Crippen LogP contribution is -2.19. The van der Waals surface area contributed by atoms with Crippen LogP contribution in [-0.2, 0) is 12.8 Å². The third-order valence-electron chi connectivity index (χ3n) is 3.47. The first-order valence-corrected chi connectivity index (χ1v) is 7.53. The first kappa shape index (κ1) is 13.9. The Balaban J connectivity index is 2.18. The van der Waals surface area contributed by atoms with E-state index in [4.69, 9.17) is 10.5 Å². The number of hydrogen-bond acceptors (Lipinski definition) is 2. The average Bonchev–Trinajstić information content (AvgIpc) is 2.75. The Kier molecular flexibility index (Phi) is 4.68. The second-order valence-electron chi connectivity index (χ2n) is 5.59. The van der Waals surface area contributed by atoms with Crippen LogP contribution >= 0.6 is 15.9 Å². The van der Waals surface area contributed by atoms with Crippen molar-refractivity contribution < 1.29 is 4.74 Å². The largest absolute Gasteiger partial charge is 0.493 e. The van der Waals surface area contributed by atoms with Gasteiger partial charge in [-0.15, -0.1) is 0 Å². The van der Waals surface area contributed by atoms with Gasteiger partial charge in [0.1, 0.15) is 5.75 Å². The third kappa shape index (κ3) is 3.27. The predicted octanol–water partition coefficient (Wildman–Crippen LogP) is 3.55. The molecular weight excluding hydrogens is 290 g/mol. The normalized spacial score (nSPS) is 15.6. The smallest absolute Gasteiger partial charge is 0.125 e. The second kappa shape index (κ2) is 6.07. The van der Waals surface area contributed by atoms with E-state index in [1.807, 2.05) is 0 Å². The van der Waals surface area contributed by atoms with Crippen LogP contribution in [0.5, 0.6) is 5.75 Å². The van der Waals surface area contributed by atoms with Gasteiger partial charge in [-0.3, -0.25) is 0 Å². The quantitative estimate of drug-likeness (QED) is 0.902. The fourth-order valence-corrected chi connectivity index (χ4v) is 3.29. The molecule has 0 bridgehead atoms. The van der Waals surface area contributed by atoms with Gasteiger partial charge in [0, 0.05) is 10.9 Å². The second-order valence-corrected chi connectivity index (χ2v) is 6.50. The summed E-state index contributed by atoms with van der Waals surface area (Å²) in [5, 5.41) is 0. The van der Waals surface area contributed by atoms with Crippen molar-refractivity contribution in [1.29, 1.82) is 0 Å². The first-order chi connectivity index (χ1) is 8.60. The highest BCUT2D eigenvalue weighted by Crippen LogP contribution is 2.34. The zero-order valence-corrected chi connectivity index (χ0v) is 12.8. The van der Waals surface area contributed by atoms with Crippen LogP contribution in [0.1, 0.15) is 31.4 Å². The van der Waals surface area contributed by atoms with E-state index in [9.17, 15) is 0 Å². The minimum Gasteiger partial charge on any atom is -0.493 e. The summed E-state index contributed by atoms with van der Waals surface area (Å²) in [5.74, 6) is 2.35. The van der Waals surface area contributed by atoms with Gasteiger partial charge in [0.2, 0.25) is 0 Å². The van der Waals surface area contributed by atoms with Crippen molar-refractivity contribution in [3.05, 3.63) is 27.7 Å². The molecule has 2 N–H and O–H groups in total. The van der Waals surface area contributed by atoms with E-state index in [2.05, 4.69) is 41.9 Å². The van der Waals surface area contributed by atoms with Crippen LogP contribution < -0.4 is 10.5 Å². The molecule has 1 aliphatic rings. The van der Waals surface area contributed by atoms with E-state index in [-0.39, 0.29) is 0 Å². The summed E-state index contributed by atoms with van der Waals surface area (Å²) in [6.45, 7) is 6.07. The molecule has 1 heterocycles. The highest BCUT2D eigenvalue weighted by molar-refractivity contribution is 9.10. The van der Waals surface area contributed by atoms with Gasteiger partial charge in [-0.25, -0.2) is 0 Å². The van der Waals surface area contributed by atoms with Crippen molar-refractivity contribution >= 4 is 15.9 Å². The summed E-state index contributed by atoms with van der Waals surface area (Å²) in [7, 11) is 0. The van der Waals surface area contributed by atoms with Crippen molar-refractivity contribution in [1.82, 2.24) is 0 Å². The number of nitrogens with two attached hydrogens (primary N) is 1. The van der Waals surface area contributed by atoms with Crippen LogP contribution in [0.15, 0.2) is 16.6 Å². The maximum absolute atomic E-state index is 5.90. The highest BCUT2D eigenvalue weighted by Gasteiger charge is 2.20. The Labute approximate surface area is 118 Å². The van der Waals surface area contributed by atoms with Crippen LogP contribution in [0, 0.1) is 11.8 Å². The zero-order chi connectivity index (χ0) is 13.1. The standard InChI is InChI=1S/C15H22BrNO/c1-10(2)5-11(9-17)6-13-8-14(16)7-12-3-4-18-15(12)13/h7-8,10-11H,3-6,9,17H2,1-2H3. The van der Waals surface area contributed by atoms with Gasteiger partial charge < -0.3 is 10.5 Å². The van der Waals surface area contributed by atoms with Gasteiger partial charge in [0.15, 0.2) is 0 Å². The van der Waals surface area contributed by atoms with E-state index < -0.39 is 0 Å². The Morgan fingerprint density at radius 2 is 2.17 bits per heavy atom. The van der Waals surface area contributed by atoms with Gasteiger partial charge in [-0.1, -0.05) is 29.8 Å². The van der Waals surface area contributed by atoms with Gasteiger partial charge in [-0.2, -0.15) is 0 Å². The fourth-order valence-electron chi connectivity index (χ4n) is 2.74. The molecule has 3 heteroatoms. The molecule has 0 aromatic heterocycles. The third-order valence-corrected chi connectivity index (χ3v) is 3.93. The van der Waals surface area contributed by atoms with E-state index in [0.29, 0.717) is 11.8 Å². The van der Waals surface area contributed by atoms with Gasteiger partial charge in [0.05, 0.1) is 6.61 Å². The van der Waals surface area contributed by atoms with Crippen molar-refractivity contribution in [2.75, 3.05) is 13.2 Å². The summed E-state index contributed by atoms with van der Waals surface area (Å²) >= 11 is 3.59. The summed E-state index contributed by atoms with van der Waals surface area (Å²) in [6, 6.07) is 4.36. The van der Waals surface area contributed by atoms with Crippen molar-refractivity contribution in [3.8, 4) is 5.75 Å². The maximum Gasteiger partial charge on any atom is 0.125 e. The summed E-state index contributed by atoms with van der Waals surface area (Å²) in [6.07, 6.45) is 3.23. The molecule has 1 aliphatic heterocycles. The monoisotopic (exact) mass is 311 g/mol. The van der Waals surface area contributed by atoms with Crippen molar-refractivity contribution in [3.63, 3.8) is 0 Å². The van der Waals surface area contributed by atoms with Crippen LogP contribution in [0.4, 0.5) is 0 Å². The molecule has 1 aromatic rings. The van der Waals surface area contributed by atoms with Crippen LogP contribution in [0.25, 0.3) is 0 Å². The molecular formula is C15H22BrNO. The topological polar surface area (TPSA) is 35.2 Å². The Bertz CT molecular complexity index is 417. The summed E-state index contributed by atoms with van der Waals surface area (Å²) < 4.78 is 6.93. The minimum absolute atomic E-state index is 0.549. The molecule has 1 atom stereocenters. The Morgan fingerprint density at radius 3 is 2.83 bits per heavy atom. The molecule has 18 heavy (non-hydrogen) atoms. The number of rotatable bonds is 5. The molecule has 0 aliphatic carbocycles. The molecule has 0 fully saturated rings. The van der Waals surface area contributed by atoms with Gasteiger partial charge >= 0.3 is 0 Å². The zero-order valence-electron chi connectivity index (χ0n) is 11.2. The highest BCUT2D eigenvalue weighted by atomic mass is 79.9. The summed E-state index contributed by atoms with van der Waals surface area (Å²) in [4.78, 5) is 0. The lowest BCUT2D eigenvalue weighted by atomic mass is 9.90. The van der Waals surface area contributed by atoms with E-state index in [1.165, 1.54) is 17.5 Å². The number of hydrogen-bond donors (Lipinski definition) is 1. The lowest BCUT2D eigenvalue weighted by molar-refractivity contribution is 0.347. The lowest BCUT2D eigenvalue weighted by Gasteiger charge is -2.18. The fraction of sp³-hybridized carbons (Fsp3) is 0.600. The van der Waals surface area contributed by atoms with E-state index >= 15 is 0 Å². The molecule has 0 radical (unpaired) electrons. The van der Waals surface area contributed by atoms with E-state index in [0.717, 1.165) is 36.2 Å². The molecule has 0 saturated heterocycles. The minimum atomic E-state index is 0.549. The predicted molar refractivity (Wildman–Crippen MR) is 79.0 cm³/mol. The maximum atomic E-state index is 5.90. The van der Waals surface area contributed by atoms with E-state index in [1.54, 1.807) is 0 Å². The number of benzene rings is 1. The molecule has 0 saturated carbocycles. The average molecular weight is 312 g/mol. The number of fused-ring (bicyclic) bond motifs is 1. The molecule has 2 nitrogen and oxygen atoms in total. The Morgan fingerprint density at radius 1 is 1.39 bits per heavy atom. The molecule has 2 rings (SSSR count). The summed E-state index contributed by atoms with van der Waals surface area (Å²) in [5.41, 5.74) is 8.55. The molecule has 0 amide bonds. The molecule has 100 valence electrons. The van der Waals surface area contributed by atoms with Crippen LogP contribution in [-0.4, -0.2) is 13.2 Å². The SMILES string of the molecule is CC(C)CC(CN)Cc1cc(Br)cc2c1OCC2. The molecule has 0 spiro atoms. The van der Waals surface area contributed by atoms with Gasteiger partial charge in [-0.05, 0) is 54.5 Å². The number of ether oxygens (including phenoxy) is 1. The first-order valence-electron chi connectivity index (χ1n) is 6.74. The van der Waals surface area contributed by atoms with Crippen molar-refractivity contribution in [2.24, 2.45) is 17.6 Å². The van der Waals surface area contributed by atoms with Crippen molar-refractivity contribution in [2.45, 2.75) is 33.1 Å². The molecule has 1 aromatic carbocycles. The van der Waals surface area contributed by atoms with Gasteiger partial charge in [0.25, 0.3) is 0 Å². The molecule has 1 unspecified atom stereocenters. The Hall–Kier alpha value is -0.540. The van der Waals surface area contributed by atoms with Crippen LogP contribution in [0.2, 0.25) is 0 Å². The van der Waals surface area contributed by atoms with Crippen LogP contribution in [0.3, 0.4) is 0 Å².